The van der Waals surface area contributed by atoms with E-state index < -0.39 is 5.97 Å². The molecule has 0 N–H and O–H groups in total. The van der Waals surface area contributed by atoms with Crippen molar-refractivity contribution in [2.24, 2.45) is 0 Å². The number of nitrogens with zero attached hydrogens (tertiary/aromatic N) is 3. The van der Waals surface area contributed by atoms with E-state index in [-0.39, 0.29) is 6.61 Å². The molecule has 0 radical (unpaired) electrons. The quantitative estimate of drug-likeness (QED) is 0.582. The average Bonchev–Trinajstić information content (AvgIpc) is 2.72. The molecule has 0 saturated heterocycles. The summed E-state index contributed by atoms with van der Waals surface area (Å²) < 4.78 is 10.4. The van der Waals surface area contributed by atoms with Crippen LogP contribution in [-0.2, 0) is 4.74 Å². The summed E-state index contributed by atoms with van der Waals surface area (Å²) in [6.07, 6.45) is 1.49. The number of halogens is 1. The monoisotopic (exact) mass is 395 g/mol. The number of esters is 1. The van der Waals surface area contributed by atoms with Crippen molar-refractivity contribution in [3.8, 4) is 11.8 Å². The zero-order valence-electron chi connectivity index (χ0n) is 15.7. The Balaban J connectivity index is 2.25. The number of fused-ring (bicyclic) bond motifs is 1. The van der Waals surface area contributed by atoms with E-state index in [4.69, 9.17) is 21.1 Å². The van der Waals surface area contributed by atoms with E-state index in [1.54, 1.807) is 44.4 Å². The number of carbonyl (C=O) groups is 1. The van der Waals surface area contributed by atoms with Crippen molar-refractivity contribution in [1.29, 1.82) is 5.26 Å². The lowest BCUT2D eigenvalue weighted by molar-refractivity contribution is 0.0527. The number of benzene rings is 2. The predicted octanol–water partition coefficient (Wildman–Crippen LogP) is 4.71. The van der Waals surface area contributed by atoms with Gasteiger partial charge in [0.25, 0.3) is 0 Å². The molecule has 28 heavy (non-hydrogen) atoms. The number of methoxy groups -OCH3 is 1. The first-order chi connectivity index (χ1) is 13.5. The van der Waals surface area contributed by atoms with Gasteiger partial charge in [0.15, 0.2) is 0 Å². The van der Waals surface area contributed by atoms with E-state index in [0.29, 0.717) is 38.5 Å². The SMILES string of the molecule is CCOC(=O)c1cnc2ccc(C#N)cc2c1N(C)c1ccc(OC)c(Cl)c1. The van der Waals surface area contributed by atoms with Crippen LogP contribution in [-0.4, -0.2) is 31.7 Å². The van der Waals surface area contributed by atoms with Gasteiger partial charge in [0, 0.05) is 24.3 Å². The van der Waals surface area contributed by atoms with Crippen LogP contribution in [0.25, 0.3) is 10.9 Å². The van der Waals surface area contributed by atoms with Gasteiger partial charge in [0.2, 0.25) is 0 Å². The minimum Gasteiger partial charge on any atom is -0.495 e. The van der Waals surface area contributed by atoms with Crippen LogP contribution in [0, 0.1) is 11.3 Å². The van der Waals surface area contributed by atoms with Crippen LogP contribution in [0.4, 0.5) is 11.4 Å². The molecule has 6 nitrogen and oxygen atoms in total. The van der Waals surface area contributed by atoms with E-state index in [1.807, 2.05) is 18.0 Å². The van der Waals surface area contributed by atoms with Crippen molar-refractivity contribution in [1.82, 2.24) is 4.98 Å². The highest BCUT2D eigenvalue weighted by atomic mass is 35.5. The number of nitriles is 1. The van der Waals surface area contributed by atoms with Gasteiger partial charge in [-0.15, -0.1) is 0 Å². The van der Waals surface area contributed by atoms with Crippen LogP contribution in [0.5, 0.6) is 5.75 Å². The molecule has 142 valence electrons. The smallest absolute Gasteiger partial charge is 0.341 e. The molecule has 0 spiro atoms. The van der Waals surface area contributed by atoms with Gasteiger partial charge in [-0.3, -0.25) is 4.98 Å². The number of hydrogen-bond acceptors (Lipinski definition) is 6. The van der Waals surface area contributed by atoms with Gasteiger partial charge in [-0.05, 0) is 43.3 Å². The number of aromatic nitrogens is 1. The van der Waals surface area contributed by atoms with Crippen LogP contribution in [0.15, 0.2) is 42.6 Å². The Morgan fingerprint density at radius 3 is 2.71 bits per heavy atom. The van der Waals surface area contributed by atoms with Gasteiger partial charge in [-0.25, -0.2) is 4.79 Å². The Labute approximate surface area is 167 Å². The van der Waals surface area contributed by atoms with Crippen LogP contribution < -0.4 is 9.64 Å². The summed E-state index contributed by atoms with van der Waals surface area (Å²) in [5.74, 6) is 0.0662. The minimum absolute atomic E-state index is 0.243. The number of ether oxygens (including phenoxy) is 2. The highest BCUT2D eigenvalue weighted by Gasteiger charge is 2.21. The van der Waals surface area contributed by atoms with Gasteiger partial charge >= 0.3 is 5.97 Å². The van der Waals surface area contributed by atoms with Crippen molar-refractivity contribution in [3.63, 3.8) is 0 Å². The molecule has 0 saturated carbocycles. The summed E-state index contributed by atoms with van der Waals surface area (Å²) in [6, 6.07) is 12.6. The summed E-state index contributed by atoms with van der Waals surface area (Å²) in [6.45, 7) is 1.99. The fourth-order valence-corrected chi connectivity index (χ4v) is 3.21. The first-order valence-electron chi connectivity index (χ1n) is 8.57. The Kier molecular flexibility index (Phi) is 5.67. The number of rotatable bonds is 5. The van der Waals surface area contributed by atoms with Crippen molar-refractivity contribution < 1.29 is 14.3 Å². The molecule has 7 heteroatoms. The molecule has 0 aliphatic rings. The summed E-state index contributed by atoms with van der Waals surface area (Å²) >= 11 is 6.28. The first-order valence-corrected chi connectivity index (χ1v) is 8.95. The van der Waals surface area contributed by atoms with Crippen molar-refractivity contribution >= 4 is 39.8 Å². The molecule has 0 unspecified atom stereocenters. The molecular weight excluding hydrogens is 378 g/mol. The van der Waals surface area contributed by atoms with Crippen molar-refractivity contribution in [2.75, 3.05) is 25.7 Å². The molecule has 3 aromatic rings. The van der Waals surface area contributed by atoms with E-state index in [2.05, 4.69) is 11.1 Å². The summed E-state index contributed by atoms with van der Waals surface area (Å²) in [5.41, 5.74) is 2.76. The Morgan fingerprint density at radius 2 is 2.07 bits per heavy atom. The second-order valence-electron chi connectivity index (χ2n) is 5.96. The highest BCUT2D eigenvalue weighted by molar-refractivity contribution is 6.32. The number of anilines is 2. The van der Waals surface area contributed by atoms with Crippen LogP contribution in [0.1, 0.15) is 22.8 Å². The third-order valence-electron chi connectivity index (χ3n) is 4.32. The van der Waals surface area contributed by atoms with Crippen LogP contribution in [0.3, 0.4) is 0 Å². The zero-order valence-corrected chi connectivity index (χ0v) is 16.4. The second kappa shape index (κ2) is 8.15. The van der Waals surface area contributed by atoms with E-state index in [1.165, 1.54) is 6.20 Å². The second-order valence-corrected chi connectivity index (χ2v) is 6.37. The molecule has 1 aromatic heterocycles. The molecule has 0 aliphatic heterocycles. The molecular formula is C21H18ClN3O3. The maximum atomic E-state index is 12.6. The summed E-state index contributed by atoms with van der Waals surface area (Å²) in [5, 5.41) is 10.4. The van der Waals surface area contributed by atoms with Gasteiger partial charge < -0.3 is 14.4 Å². The molecule has 3 rings (SSSR count). The van der Waals surface area contributed by atoms with Crippen LogP contribution in [0.2, 0.25) is 5.02 Å². The number of carbonyl (C=O) groups excluding carboxylic acids is 1. The normalized spacial score (nSPS) is 10.4. The van der Waals surface area contributed by atoms with E-state index in [9.17, 15) is 10.1 Å². The van der Waals surface area contributed by atoms with Gasteiger partial charge in [0.05, 0.1) is 41.6 Å². The fraction of sp³-hybridized carbons (Fsp3) is 0.190. The van der Waals surface area contributed by atoms with Gasteiger partial charge in [-0.2, -0.15) is 5.26 Å². The van der Waals surface area contributed by atoms with Gasteiger partial charge in [-0.1, -0.05) is 11.6 Å². The van der Waals surface area contributed by atoms with Crippen LogP contribution >= 0.6 is 11.6 Å². The molecule has 1 heterocycles. The molecule has 0 fully saturated rings. The highest BCUT2D eigenvalue weighted by Crippen LogP contribution is 2.37. The molecule has 0 atom stereocenters. The average molecular weight is 396 g/mol. The lowest BCUT2D eigenvalue weighted by Gasteiger charge is -2.24. The molecule has 0 bridgehead atoms. The first kappa shape index (κ1) is 19.5. The summed E-state index contributed by atoms with van der Waals surface area (Å²) in [7, 11) is 3.36. The standard InChI is InChI=1S/C21H18ClN3O3/c1-4-28-21(26)16-12-24-18-7-5-13(11-23)9-15(18)20(16)25(2)14-6-8-19(27-3)17(22)10-14/h5-10,12H,4H2,1-3H3. The van der Waals surface area contributed by atoms with E-state index >= 15 is 0 Å². The topological polar surface area (TPSA) is 75.5 Å². The lowest BCUT2D eigenvalue weighted by Crippen LogP contribution is -2.17. The molecule has 2 aromatic carbocycles. The van der Waals surface area contributed by atoms with Gasteiger partial charge in [0.1, 0.15) is 11.3 Å². The lowest BCUT2D eigenvalue weighted by atomic mass is 10.1. The minimum atomic E-state index is -0.485. The zero-order chi connectivity index (χ0) is 20.3. The van der Waals surface area contributed by atoms with Crippen molar-refractivity contribution in [2.45, 2.75) is 6.92 Å². The molecule has 0 amide bonds. The molecule has 0 aliphatic carbocycles. The largest absolute Gasteiger partial charge is 0.495 e. The maximum absolute atomic E-state index is 12.6. The Morgan fingerprint density at radius 1 is 1.29 bits per heavy atom. The van der Waals surface area contributed by atoms with E-state index in [0.717, 1.165) is 5.69 Å². The number of hydrogen-bond donors (Lipinski definition) is 0. The Hall–Kier alpha value is -3.30. The number of pyridine rings is 1. The third-order valence-corrected chi connectivity index (χ3v) is 4.62. The fourth-order valence-electron chi connectivity index (χ4n) is 2.96. The summed E-state index contributed by atoms with van der Waals surface area (Å²) in [4.78, 5) is 18.7. The predicted molar refractivity (Wildman–Crippen MR) is 108 cm³/mol. The third kappa shape index (κ3) is 3.57. The Bertz CT molecular complexity index is 1090. The van der Waals surface area contributed by atoms with Crippen molar-refractivity contribution in [3.05, 3.63) is 58.7 Å². The maximum Gasteiger partial charge on any atom is 0.341 e.